The Kier molecular flexibility index (Phi) is 12.2. The number of rotatable bonds is 12. The van der Waals surface area contributed by atoms with Crippen molar-refractivity contribution in [1.29, 1.82) is 0 Å². The Balaban J connectivity index is 0.740. The van der Waals surface area contributed by atoms with E-state index in [0.29, 0.717) is 65.3 Å². The number of nitrogens with zero attached hydrogens (tertiary/aromatic N) is 2. The SMILES string of the molecule is O=C(N[C@@H]1CCCc2ccccc21)[C@@H]1C[C@H](OCCC(=O)N2CCN(C(=O)CCO[C@@H]3CN[C@H](C(=O)N[C@@H]4CCCc5ccccc54)C3)CC2)CN1. The number of benzene rings is 2. The molecule has 0 spiro atoms. The van der Waals surface area contributed by atoms with Crippen molar-refractivity contribution in [2.24, 2.45) is 0 Å². The molecule has 2 aromatic rings. The van der Waals surface area contributed by atoms with Gasteiger partial charge in [0.1, 0.15) is 0 Å². The summed E-state index contributed by atoms with van der Waals surface area (Å²) in [5.41, 5.74) is 5.08. The standard InChI is InChI=1S/C40H54N6O6/c47-37(15-21-51-29-23-35(41-25-29)39(49)43-33-13-5-9-27-7-1-3-11-31(27)33)45-17-19-46(20-18-45)38(48)16-22-52-30-24-36(42-26-30)40(50)44-34-14-6-10-28-8-2-4-12-32(28)34/h1-4,7-8,11-12,29-30,33-36,41-42H,5-6,9-10,13-26H2,(H,43,49)(H,44,50)/t29-,30-,33+,34+,35-,36-/m0/s1. The highest BCUT2D eigenvalue weighted by molar-refractivity contribution is 5.83. The molecule has 0 bridgehead atoms. The second-order valence-corrected chi connectivity index (χ2v) is 14.9. The molecule has 6 atom stereocenters. The molecule has 7 rings (SSSR count). The summed E-state index contributed by atoms with van der Waals surface area (Å²) >= 11 is 0. The number of hydrogen-bond acceptors (Lipinski definition) is 8. The van der Waals surface area contributed by atoms with Crippen molar-refractivity contribution in [2.75, 3.05) is 52.5 Å². The van der Waals surface area contributed by atoms with Crippen LogP contribution in [0.4, 0.5) is 0 Å². The van der Waals surface area contributed by atoms with Gasteiger partial charge in [0.2, 0.25) is 23.6 Å². The van der Waals surface area contributed by atoms with Crippen LogP contribution in [0, 0.1) is 0 Å². The third-order valence-corrected chi connectivity index (χ3v) is 11.5. The summed E-state index contributed by atoms with van der Waals surface area (Å²) in [6.07, 6.45) is 7.66. The molecular formula is C40H54N6O6. The van der Waals surface area contributed by atoms with Crippen LogP contribution in [0.25, 0.3) is 0 Å². The van der Waals surface area contributed by atoms with E-state index >= 15 is 0 Å². The normalized spacial score (nSPS) is 27.1. The molecule has 12 heteroatoms. The molecule has 280 valence electrons. The molecule has 3 aliphatic heterocycles. The molecule has 3 fully saturated rings. The van der Waals surface area contributed by atoms with E-state index < -0.39 is 0 Å². The van der Waals surface area contributed by atoms with Gasteiger partial charge in [-0.15, -0.1) is 0 Å². The van der Waals surface area contributed by atoms with E-state index in [9.17, 15) is 19.2 Å². The fourth-order valence-corrected chi connectivity index (χ4v) is 8.56. The van der Waals surface area contributed by atoms with Crippen LogP contribution in [0.3, 0.4) is 0 Å². The minimum atomic E-state index is -0.297. The van der Waals surface area contributed by atoms with E-state index in [0.717, 1.165) is 38.5 Å². The zero-order chi connectivity index (χ0) is 35.9. The van der Waals surface area contributed by atoms with Gasteiger partial charge >= 0.3 is 0 Å². The van der Waals surface area contributed by atoms with Crippen LogP contribution in [0.1, 0.15) is 85.7 Å². The smallest absolute Gasteiger partial charge is 0.237 e. The van der Waals surface area contributed by atoms with Crippen LogP contribution in [0.5, 0.6) is 0 Å². The molecule has 3 heterocycles. The summed E-state index contributed by atoms with van der Waals surface area (Å²) in [6, 6.07) is 16.2. The summed E-state index contributed by atoms with van der Waals surface area (Å²) in [5.74, 6) is 0.0553. The number of carbonyl (C=O) groups excluding carboxylic acids is 4. The Hall–Kier alpha value is -3.84. The molecule has 52 heavy (non-hydrogen) atoms. The lowest BCUT2D eigenvalue weighted by Gasteiger charge is -2.35. The van der Waals surface area contributed by atoms with Crippen LogP contribution in [0.15, 0.2) is 48.5 Å². The first-order valence-electron chi connectivity index (χ1n) is 19.4. The highest BCUT2D eigenvalue weighted by Crippen LogP contribution is 2.31. The largest absolute Gasteiger partial charge is 0.376 e. The maximum atomic E-state index is 13.0. The summed E-state index contributed by atoms with van der Waals surface area (Å²) in [7, 11) is 0. The Morgan fingerprint density at radius 1 is 0.635 bits per heavy atom. The number of fused-ring (bicyclic) bond motifs is 2. The van der Waals surface area contributed by atoms with Crippen LogP contribution in [-0.4, -0.2) is 110 Å². The lowest BCUT2D eigenvalue weighted by molar-refractivity contribution is -0.141. The van der Waals surface area contributed by atoms with Crippen molar-refractivity contribution in [3.05, 3.63) is 70.8 Å². The van der Waals surface area contributed by atoms with Gasteiger partial charge in [0, 0.05) is 39.3 Å². The predicted molar refractivity (Wildman–Crippen MR) is 195 cm³/mol. The predicted octanol–water partition coefficient (Wildman–Crippen LogP) is 2.32. The zero-order valence-electron chi connectivity index (χ0n) is 30.2. The van der Waals surface area contributed by atoms with E-state index in [1.807, 2.05) is 12.1 Å². The van der Waals surface area contributed by atoms with Crippen LogP contribution in [0.2, 0.25) is 0 Å². The maximum Gasteiger partial charge on any atom is 0.237 e. The van der Waals surface area contributed by atoms with Gasteiger partial charge in [0.15, 0.2) is 0 Å². The molecule has 3 saturated heterocycles. The van der Waals surface area contributed by atoms with E-state index in [-0.39, 0.29) is 72.8 Å². The van der Waals surface area contributed by atoms with Gasteiger partial charge in [0.05, 0.1) is 62.4 Å². The first-order chi connectivity index (χ1) is 25.4. The highest BCUT2D eigenvalue weighted by Gasteiger charge is 2.34. The van der Waals surface area contributed by atoms with Gasteiger partial charge in [-0.3, -0.25) is 19.2 Å². The molecule has 0 saturated carbocycles. The summed E-state index contributed by atoms with van der Waals surface area (Å²) in [5, 5.41) is 13.1. The Morgan fingerprint density at radius 2 is 1.06 bits per heavy atom. The monoisotopic (exact) mass is 714 g/mol. The fourth-order valence-electron chi connectivity index (χ4n) is 8.56. The highest BCUT2D eigenvalue weighted by atomic mass is 16.5. The van der Waals surface area contributed by atoms with Crippen LogP contribution < -0.4 is 21.3 Å². The first kappa shape index (κ1) is 36.5. The van der Waals surface area contributed by atoms with E-state index in [1.54, 1.807) is 9.80 Å². The average molecular weight is 715 g/mol. The van der Waals surface area contributed by atoms with Gasteiger partial charge < -0.3 is 40.5 Å². The molecule has 12 nitrogen and oxygen atoms in total. The second-order valence-electron chi connectivity index (χ2n) is 14.9. The zero-order valence-corrected chi connectivity index (χ0v) is 30.2. The average Bonchev–Trinajstić information content (AvgIpc) is 3.86. The van der Waals surface area contributed by atoms with Crippen molar-refractivity contribution < 1.29 is 28.7 Å². The Bertz CT molecular complexity index is 1460. The number of ether oxygens (including phenoxy) is 2. The number of hydrogen-bond donors (Lipinski definition) is 4. The van der Waals surface area contributed by atoms with Crippen molar-refractivity contribution >= 4 is 23.6 Å². The minimum absolute atomic E-state index is 0.00757. The fraction of sp³-hybridized carbons (Fsp3) is 0.600. The molecule has 0 aromatic heterocycles. The molecule has 4 amide bonds. The van der Waals surface area contributed by atoms with E-state index in [1.165, 1.54) is 22.3 Å². The number of piperazine rings is 1. The molecule has 2 aliphatic carbocycles. The van der Waals surface area contributed by atoms with Crippen molar-refractivity contribution in [3.8, 4) is 0 Å². The topological polar surface area (TPSA) is 141 Å². The quantitative estimate of drug-likeness (QED) is 0.263. The van der Waals surface area contributed by atoms with E-state index in [2.05, 4.69) is 57.7 Å². The van der Waals surface area contributed by atoms with Gasteiger partial charge in [0.25, 0.3) is 0 Å². The number of aryl methyl sites for hydroxylation is 2. The van der Waals surface area contributed by atoms with Gasteiger partial charge in [-0.25, -0.2) is 0 Å². The van der Waals surface area contributed by atoms with E-state index in [4.69, 9.17) is 9.47 Å². The minimum Gasteiger partial charge on any atom is -0.376 e. The molecule has 5 aliphatic rings. The third kappa shape index (κ3) is 9.02. The van der Waals surface area contributed by atoms with Crippen molar-refractivity contribution in [2.45, 2.75) is 101 Å². The van der Waals surface area contributed by atoms with Crippen molar-refractivity contribution in [1.82, 2.24) is 31.1 Å². The number of carbonyl (C=O) groups is 4. The lowest BCUT2D eigenvalue weighted by atomic mass is 9.87. The number of amides is 4. The first-order valence-corrected chi connectivity index (χ1v) is 19.4. The summed E-state index contributed by atoms with van der Waals surface area (Å²) < 4.78 is 12.0. The Labute approximate surface area is 306 Å². The summed E-state index contributed by atoms with van der Waals surface area (Å²) in [4.78, 5) is 55.5. The molecule has 0 radical (unpaired) electrons. The summed E-state index contributed by atoms with van der Waals surface area (Å²) in [6.45, 7) is 3.77. The molecule has 4 N–H and O–H groups in total. The van der Waals surface area contributed by atoms with Gasteiger partial charge in [-0.1, -0.05) is 48.5 Å². The Morgan fingerprint density at radius 3 is 1.50 bits per heavy atom. The molecule has 0 unspecified atom stereocenters. The van der Waals surface area contributed by atoms with Crippen LogP contribution in [-0.2, 0) is 41.5 Å². The maximum absolute atomic E-state index is 13.0. The third-order valence-electron chi connectivity index (χ3n) is 11.5. The lowest BCUT2D eigenvalue weighted by Crippen LogP contribution is -2.51. The molecule has 2 aromatic carbocycles. The van der Waals surface area contributed by atoms with Gasteiger partial charge in [-0.2, -0.15) is 0 Å². The van der Waals surface area contributed by atoms with Crippen molar-refractivity contribution in [3.63, 3.8) is 0 Å². The molecular weight excluding hydrogens is 660 g/mol. The second kappa shape index (κ2) is 17.3. The van der Waals surface area contributed by atoms with Gasteiger partial charge in [-0.05, 0) is 73.6 Å². The number of nitrogens with one attached hydrogen (secondary N) is 4. The van der Waals surface area contributed by atoms with Crippen LogP contribution >= 0.6 is 0 Å².